The number of hydrogen-bond acceptors (Lipinski definition) is 3. The number of benzene rings is 2. The van der Waals surface area contributed by atoms with Gasteiger partial charge in [0.05, 0.1) is 11.4 Å². The molecule has 0 bridgehead atoms. The number of rotatable bonds is 4. The van der Waals surface area contributed by atoms with Gasteiger partial charge in [0.2, 0.25) is 5.91 Å². The number of anilines is 2. The highest BCUT2D eigenvalue weighted by molar-refractivity contribution is 8.00. The van der Waals surface area contributed by atoms with E-state index in [4.69, 9.17) is 17.3 Å². The predicted molar refractivity (Wildman–Crippen MR) is 81.6 cm³/mol. The summed E-state index contributed by atoms with van der Waals surface area (Å²) in [5.74, 6) is -1.92. The molecule has 2 rings (SSSR count). The lowest BCUT2D eigenvalue weighted by molar-refractivity contribution is -0.113. The first-order valence-corrected chi connectivity index (χ1v) is 7.25. The molecule has 2 aromatic rings. The van der Waals surface area contributed by atoms with Crippen molar-refractivity contribution in [2.75, 3.05) is 16.8 Å². The van der Waals surface area contributed by atoms with Gasteiger partial charge in [-0.25, -0.2) is 8.78 Å². The summed E-state index contributed by atoms with van der Waals surface area (Å²) in [5.41, 5.74) is 6.19. The van der Waals surface area contributed by atoms with E-state index in [1.54, 1.807) is 18.2 Å². The highest BCUT2D eigenvalue weighted by Crippen LogP contribution is 2.28. The molecule has 0 aliphatic heterocycles. The van der Waals surface area contributed by atoms with E-state index in [1.165, 1.54) is 17.8 Å². The number of hydrogen-bond donors (Lipinski definition) is 2. The number of nitrogen functional groups attached to an aromatic ring is 1. The Labute approximate surface area is 129 Å². The van der Waals surface area contributed by atoms with Crippen LogP contribution < -0.4 is 11.1 Å². The smallest absolute Gasteiger partial charge is 0.234 e. The summed E-state index contributed by atoms with van der Waals surface area (Å²) >= 11 is 7.02. The molecule has 0 fully saturated rings. The molecule has 0 spiro atoms. The van der Waals surface area contributed by atoms with E-state index in [0.717, 1.165) is 6.07 Å². The molecular formula is C14H11ClF2N2OS. The number of amides is 1. The summed E-state index contributed by atoms with van der Waals surface area (Å²) in [7, 11) is 0. The van der Waals surface area contributed by atoms with Crippen molar-refractivity contribution >= 4 is 40.6 Å². The van der Waals surface area contributed by atoms with Crippen LogP contribution in [0, 0.1) is 11.6 Å². The average molecular weight is 329 g/mol. The molecule has 110 valence electrons. The van der Waals surface area contributed by atoms with Crippen LogP contribution in [0.3, 0.4) is 0 Å². The van der Waals surface area contributed by atoms with Crippen LogP contribution in [0.25, 0.3) is 0 Å². The Hall–Kier alpha value is -1.79. The molecule has 3 nitrogen and oxygen atoms in total. The van der Waals surface area contributed by atoms with Gasteiger partial charge in [0.25, 0.3) is 0 Å². The SMILES string of the molecule is Nc1ccc(Cl)cc1SCC(=O)Nc1ccc(F)cc1F. The largest absolute Gasteiger partial charge is 0.398 e. The molecule has 21 heavy (non-hydrogen) atoms. The second-order valence-corrected chi connectivity index (χ2v) is 5.60. The van der Waals surface area contributed by atoms with Crippen molar-refractivity contribution in [1.82, 2.24) is 0 Å². The van der Waals surface area contributed by atoms with Crippen molar-refractivity contribution < 1.29 is 13.6 Å². The number of halogens is 3. The molecule has 0 heterocycles. The molecule has 7 heteroatoms. The van der Waals surface area contributed by atoms with Gasteiger partial charge >= 0.3 is 0 Å². The van der Waals surface area contributed by atoms with Crippen molar-refractivity contribution in [3.8, 4) is 0 Å². The van der Waals surface area contributed by atoms with Gasteiger partial charge in [-0.3, -0.25) is 4.79 Å². The maximum atomic E-state index is 13.4. The Morgan fingerprint density at radius 2 is 2.00 bits per heavy atom. The maximum absolute atomic E-state index is 13.4. The van der Waals surface area contributed by atoms with Gasteiger partial charge in [-0.1, -0.05) is 11.6 Å². The van der Waals surface area contributed by atoms with E-state index in [-0.39, 0.29) is 11.4 Å². The zero-order valence-electron chi connectivity index (χ0n) is 10.7. The minimum atomic E-state index is -0.824. The summed E-state index contributed by atoms with van der Waals surface area (Å²) in [6.07, 6.45) is 0. The third kappa shape index (κ3) is 4.34. The van der Waals surface area contributed by atoms with Gasteiger partial charge in [0.1, 0.15) is 11.6 Å². The van der Waals surface area contributed by atoms with Crippen LogP contribution in [0.1, 0.15) is 0 Å². The fourth-order valence-electron chi connectivity index (χ4n) is 1.55. The Bertz CT molecular complexity index is 682. The number of nitrogens with one attached hydrogen (secondary N) is 1. The summed E-state index contributed by atoms with van der Waals surface area (Å²) in [6, 6.07) is 7.88. The van der Waals surface area contributed by atoms with E-state index < -0.39 is 17.5 Å². The van der Waals surface area contributed by atoms with Gasteiger partial charge in [0.15, 0.2) is 0 Å². The third-order valence-corrected chi connectivity index (χ3v) is 3.85. The minimum absolute atomic E-state index is 0.0291. The monoisotopic (exact) mass is 328 g/mol. The first kappa shape index (κ1) is 15.6. The second kappa shape index (κ2) is 6.78. The summed E-state index contributed by atoms with van der Waals surface area (Å²) < 4.78 is 26.1. The molecule has 2 aromatic carbocycles. The Balaban J connectivity index is 1.97. The lowest BCUT2D eigenvalue weighted by atomic mass is 10.3. The topological polar surface area (TPSA) is 55.1 Å². The second-order valence-electron chi connectivity index (χ2n) is 4.14. The van der Waals surface area contributed by atoms with Crippen molar-refractivity contribution in [2.45, 2.75) is 4.90 Å². The van der Waals surface area contributed by atoms with E-state index in [0.29, 0.717) is 21.7 Å². The first-order chi connectivity index (χ1) is 9.95. The molecule has 0 saturated carbocycles. The van der Waals surface area contributed by atoms with E-state index >= 15 is 0 Å². The zero-order valence-corrected chi connectivity index (χ0v) is 12.3. The number of carbonyl (C=O) groups is 1. The van der Waals surface area contributed by atoms with Gasteiger partial charge in [-0.2, -0.15) is 0 Å². The average Bonchev–Trinajstić information content (AvgIpc) is 2.43. The molecule has 0 radical (unpaired) electrons. The lowest BCUT2D eigenvalue weighted by Crippen LogP contribution is -2.15. The highest BCUT2D eigenvalue weighted by Gasteiger charge is 2.10. The van der Waals surface area contributed by atoms with Crippen LogP contribution in [0.4, 0.5) is 20.2 Å². The normalized spacial score (nSPS) is 10.4. The summed E-state index contributed by atoms with van der Waals surface area (Å²) in [6.45, 7) is 0. The van der Waals surface area contributed by atoms with Gasteiger partial charge in [-0.05, 0) is 30.3 Å². The van der Waals surface area contributed by atoms with Crippen LogP contribution in [0.5, 0.6) is 0 Å². The van der Waals surface area contributed by atoms with Crippen molar-refractivity contribution in [3.63, 3.8) is 0 Å². The van der Waals surface area contributed by atoms with E-state index in [2.05, 4.69) is 5.32 Å². The molecule has 0 atom stereocenters. The van der Waals surface area contributed by atoms with Crippen molar-refractivity contribution in [2.24, 2.45) is 0 Å². The Morgan fingerprint density at radius 3 is 2.71 bits per heavy atom. The molecule has 0 aliphatic carbocycles. The zero-order chi connectivity index (χ0) is 15.4. The molecular weight excluding hydrogens is 318 g/mol. The third-order valence-electron chi connectivity index (χ3n) is 2.54. The fourth-order valence-corrected chi connectivity index (χ4v) is 2.59. The molecule has 0 saturated heterocycles. The molecule has 1 amide bonds. The molecule has 3 N–H and O–H groups in total. The van der Waals surface area contributed by atoms with Crippen LogP contribution in [0.2, 0.25) is 5.02 Å². The van der Waals surface area contributed by atoms with E-state index in [9.17, 15) is 13.6 Å². The van der Waals surface area contributed by atoms with Gasteiger partial charge < -0.3 is 11.1 Å². The molecule has 0 aromatic heterocycles. The van der Waals surface area contributed by atoms with Crippen molar-refractivity contribution in [1.29, 1.82) is 0 Å². The Kier molecular flexibility index (Phi) is 5.03. The predicted octanol–water partition coefficient (Wildman–Crippen LogP) is 3.93. The fraction of sp³-hybridized carbons (Fsp3) is 0.0714. The maximum Gasteiger partial charge on any atom is 0.234 e. The number of nitrogens with two attached hydrogens (primary N) is 1. The molecule has 0 aliphatic rings. The standard InChI is InChI=1S/C14H11ClF2N2OS/c15-8-1-3-11(18)13(5-8)21-7-14(20)19-12-4-2-9(16)6-10(12)17/h1-6H,7,18H2,(H,19,20). The van der Waals surface area contributed by atoms with Crippen molar-refractivity contribution in [3.05, 3.63) is 53.1 Å². The summed E-state index contributed by atoms with van der Waals surface area (Å²) in [5, 5.41) is 2.88. The number of carbonyl (C=O) groups excluding carboxylic acids is 1. The summed E-state index contributed by atoms with van der Waals surface area (Å²) in [4.78, 5) is 12.4. The van der Waals surface area contributed by atoms with Crippen LogP contribution in [0.15, 0.2) is 41.3 Å². The Morgan fingerprint density at radius 1 is 1.24 bits per heavy atom. The van der Waals surface area contributed by atoms with E-state index in [1.807, 2.05) is 0 Å². The van der Waals surface area contributed by atoms with Gasteiger partial charge in [0, 0.05) is 21.7 Å². The van der Waals surface area contributed by atoms with Crippen LogP contribution >= 0.6 is 23.4 Å². The highest BCUT2D eigenvalue weighted by atomic mass is 35.5. The quantitative estimate of drug-likeness (QED) is 0.660. The van der Waals surface area contributed by atoms with Gasteiger partial charge in [-0.15, -0.1) is 11.8 Å². The molecule has 0 unspecified atom stereocenters. The number of thioether (sulfide) groups is 1. The van der Waals surface area contributed by atoms with Crippen LogP contribution in [-0.2, 0) is 4.79 Å². The lowest BCUT2D eigenvalue weighted by Gasteiger charge is -2.08. The first-order valence-electron chi connectivity index (χ1n) is 5.88. The van der Waals surface area contributed by atoms with Crippen LogP contribution in [-0.4, -0.2) is 11.7 Å². The minimum Gasteiger partial charge on any atom is -0.398 e.